The molecule has 0 spiro atoms. The SMILES string of the molecule is Cc1ccc(CSc2nnc(-c3ccccc3)n2CC(C)C)cc1. The zero-order chi connectivity index (χ0) is 16.9. The van der Waals surface area contributed by atoms with Gasteiger partial charge < -0.3 is 4.57 Å². The average molecular weight is 337 g/mol. The van der Waals surface area contributed by atoms with Crippen LogP contribution in [-0.2, 0) is 12.3 Å². The summed E-state index contributed by atoms with van der Waals surface area (Å²) in [6, 6.07) is 19.0. The van der Waals surface area contributed by atoms with Gasteiger partial charge in [0.15, 0.2) is 11.0 Å². The molecule has 124 valence electrons. The number of benzene rings is 2. The van der Waals surface area contributed by atoms with Gasteiger partial charge in [0, 0.05) is 17.9 Å². The smallest absolute Gasteiger partial charge is 0.191 e. The monoisotopic (exact) mass is 337 g/mol. The molecular weight excluding hydrogens is 314 g/mol. The van der Waals surface area contributed by atoms with Gasteiger partial charge in [0.1, 0.15) is 0 Å². The summed E-state index contributed by atoms with van der Waals surface area (Å²) in [5.41, 5.74) is 3.72. The molecular formula is C20H23N3S. The predicted molar refractivity (Wildman–Crippen MR) is 101 cm³/mol. The quantitative estimate of drug-likeness (QED) is 0.579. The van der Waals surface area contributed by atoms with Gasteiger partial charge in [-0.3, -0.25) is 0 Å². The van der Waals surface area contributed by atoms with Gasteiger partial charge in [0.2, 0.25) is 0 Å². The van der Waals surface area contributed by atoms with E-state index in [1.54, 1.807) is 11.8 Å². The fraction of sp³-hybridized carbons (Fsp3) is 0.300. The highest BCUT2D eigenvalue weighted by molar-refractivity contribution is 7.98. The lowest BCUT2D eigenvalue weighted by Gasteiger charge is -2.12. The Bertz CT molecular complexity index is 776. The minimum atomic E-state index is 0.544. The summed E-state index contributed by atoms with van der Waals surface area (Å²) in [6.45, 7) is 7.49. The molecule has 4 heteroatoms. The van der Waals surface area contributed by atoms with Crippen molar-refractivity contribution in [3.05, 3.63) is 65.7 Å². The third-order valence-corrected chi connectivity index (χ3v) is 4.82. The molecule has 3 rings (SSSR count). The zero-order valence-electron chi connectivity index (χ0n) is 14.4. The normalized spacial score (nSPS) is 11.2. The second kappa shape index (κ2) is 7.67. The Morgan fingerprint density at radius 2 is 1.67 bits per heavy atom. The van der Waals surface area contributed by atoms with E-state index < -0.39 is 0 Å². The summed E-state index contributed by atoms with van der Waals surface area (Å²) in [7, 11) is 0. The summed E-state index contributed by atoms with van der Waals surface area (Å²) in [4.78, 5) is 0. The molecule has 0 N–H and O–H groups in total. The van der Waals surface area contributed by atoms with Crippen molar-refractivity contribution in [2.75, 3.05) is 0 Å². The van der Waals surface area contributed by atoms with E-state index in [2.05, 4.69) is 71.9 Å². The second-order valence-electron chi connectivity index (χ2n) is 6.45. The van der Waals surface area contributed by atoms with Crippen LogP contribution in [0.25, 0.3) is 11.4 Å². The first-order chi connectivity index (χ1) is 11.6. The van der Waals surface area contributed by atoms with Crippen LogP contribution in [0.2, 0.25) is 0 Å². The van der Waals surface area contributed by atoms with E-state index >= 15 is 0 Å². The molecule has 0 aliphatic rings. The van der Waals surface area contributed by atoms with Crippen LogP contribution in [0, 0.1) is 12.8 Å². The van der Waals surface area contributed by atoms with Crippen molar-refractivity contribution < 1.29 is 0 Å². The van der Waals surface area contributed by atoms with E-state index in [-0.39, 0.29) is 0 Å². The maximum atomic E-state index is 4.46. The number of aryl methyl sites for hydroxylation is 1. The van der Waals surface area contributed by atoms with E-state index in [9.17, 15) is 0 Å². The number of nitrogens with zero attached hydrogens (tertiary/aromatic N) is 3. The molecule has 3 nitrogen and oxygen atoms in total. The van der Waals surface area contributed by atoms with Gasteiger partial charge in [-0.1, -0.05) is 85.8 Å². The van der Waals surface area contributed by atoms with Gasteiger partial charge >= 0.3 is 0 Å². The molecule has 0 amide bonds. The maximum Gasteiger partial charge on any atom is 0.191 e. The molecule has 1 heterocycles. The standard InChI is InChI=1S/C20H23N3S/c1-15(2)13-23-19(18-7-5-4-6-8-18)21-22-20(23)24-14-17-11-9-16(3)10-12-17/h4-12,15H,13-14H2,1-3H3. The highest BCUT2D eigenvalue weighted by Gasteiger charge is 2.15. The summed E-state index contributed by atoms with van der Waals surface area (Å²) in [6.07, 6.45) is 0. The number of hydrogen-bond acceptors (Lipinski definition) is 3. The van der Waals surface area contributed by atoms with Crippen molar-refractivity contribution >= 4 is 11.8 Å². The minimum Gasteiger partial charge on any atom is -0.302 e. The summed E-state index contributed by atoms with van der Waals surface area (Å²) < 4.78 is 2.25. The molecule has 0 aliphatic carbocycles. The molecule has 0 fully saturated rings. The Labute approximate surface area is 148 Å². The van der Waals surface area contributed by atoms with Gasteiger partial charge in [0.25, 0.3) is 0 Å². The van der Waals surface area contributed by atoms with Gasteiger partial charge in [0.05, 0.1) is 0 Å². The van der Waals surface area contributed by atoms with E-state index in [0.29, 0.717) is 5.92 Å². The van der Waals surface area contributed by atoms with E-state index in [1.807, 2.05) is 18.2 Å². The lowest BCUT2D eigenvalue weighted by Crippen LogP contribution is -2.07. The fourth-order valence-corrected chi connectivity index (χ4v) is 3.46. The number of thioether (sulfide) groups is 1. The Hall–Kier alpha value is -2.07. The summed E-state index contributed by atoms with van der Waals surface area (Å²) >= 11 is 1.75. The number of aromatic nitrogens is 3. The molecule has 0 bridgehead atoms. The van der Waals surface area contributed by atoms with Crippen molar-refractivity contribution in [3.63, 3.8) is 0 Å². The van der Waals surface area contributed by atoms with Crippen molar-refractivity contribution in [3.8, 4) is 11.4 Å². The molecule has 0 saturated carbocycles. The molecule has 0 radical (unpaired) electrons. The van der Waals surface area contributed by atoms with Crippen LogP contribution in [-0.4, -0.2) is 14.8 Å². The van der Waals surface area contributed by atoms with Crippen LogP contribution >= 0.6 is 11.8 Å². The predicted octanol–water partition coefficient (Wildman–Crippen LogP) is 5.20. The summed E-state index contributed by atoms with van der Waals surface area (Å²) in [5.74, 6) is 2.41. The summed E-state index contributed by atoms with van der Waals surface area (Å²) in [5, 5.41) is 9.90. The van der Waals surface area contributed by atoms with E-state index in [4.69, 9.17) is 0 Å². The molecule has 0 saturated heterocycles. The molecule has 2 aromatic carbocycles. The molecule has 0 atom stereocenters. The Morgan fingerprint density at radius 1 is 0.958 bits per heavy atom. The zero-order valence-corrected chi connectivity index (χ0v) is 15.3. The van der Waals surface area contributed by atoms with Crippen molar-refractivity contribution in [2.24, 2.45) is 5.92 Å². The van der Waals surface area contributed by atoms with Crippen molar-refractivity contribution in [1.29, 1.82) is 0 Å². The van der Waals surface area contributed by atoms with Crippen LogP contribution < -0.4 is 0 Å². The van der Waals surface area contributed by atoms with Gasteiger partial charge in [-0.25, -0.2) is 0 Å². The lowest BCUT2D eigenvalue weighted by atomic mass is 10.2. The van der Waals surface area contributed by atoms with E-state index in [1.165, 1.54) is 11.1 Å². The third-order valence-electron chi connectivity index (χ3n) is 3.79. The van der Waals surface area contributed by atoms with Crippen LogP contribution in [0.3, 0.4) is 0 Å². The third kappa shape index (κ3) is 4.06. The van der Waals surface area contributed by atoms with Gasteiger partial charge in [-0.15, -0.1) is 10.2 Å². The van der Waals surface area contributed by atoms with Gasteiger partial charge in [-0.2, -0.15) is 0 Å². The average Bonchev–Trinajstić information content (AvgIpc) is 2.97. The Kier molecular flexibility index (Phi) is 5.36. The van der Waals surface area contributed by atoms with Gasteiger partial charge in [-0.05, 0) is 18.4 Å². The van der Waals surface area contributed by atoms with Crippen LogP contribution in [0.5, 0.6) is 0 Å². The topological polar surface area (TPSA) is 30.7 Å². The van der Waals surface area contributed by atoms with Crippen molar-refractivity contribution in [2.45, 2.75) is 38.2 Å². The highest BCUT2D eigenvalue weighted by atomic mass is 32.2. The van der Waals surface area contributed by atoms with Crippen LogP contribution in [0.15, 0.2) is 59.8 Å². The minimum absolute atomic E-state index is 0.544. The maximum absolute atomic E-state index is 4.46. The molecule has 1 aromatic heterocycles. The first kappa shape index (κ1) is 16.8. The number of hydrogen-bond donors (Lipinski definition) is 0. The second-order valence-corrected chi connectivity index (χ2v) is 7.39. The van der Waals surface area contributed by atoms with Crippen molar-refractivity contribution in [1.82, 2.24) is 14.8 Å². The first-order valence-electron chi connectivity index (χ1n) is 8.30. The largest absolute Gasteiger partial charge is 0.302 e. The number of rotatable bonds is 6. The van der Waals surface area contributed by atoms with E-state index in [0.717, 1.165) is 28.8 Å². The highest BCUT2D eigenvalue weighted by Crippen LogP contribution is 2.27. The van der Waals surface area contributed by atoms with Crippen LogP contribution in [0.4, 0.5) is 0 Å². The first-order valence-corrected chi connectivity index (χ1v) is 9.29. The fourth-order valence-electron chi connectivity index (χ4n) is 2.56. The Balaban J connectivity index is 1.84. The molecule has 0 aliphatic heterocycles. The molecule has 3 aromatic rings. The van der Waals surface area contributed by atoms with Crippen LogP contribution in [0.1, 0.15) is 25.0 Å². The Morgan fingerprint density at radius 3 is 2.33 bits per heavy atom. The lowest BCUT2D eigenvalue weighted by molar-refractivity contribution is 0.498. The molecule has 0 unspecified atom stereocenters. The molecule has 24 heavy (non-hydrogen) atoms.